The molecule has 0 bridgehead atoms. The highest BCUT2D eigenvalue weighted by Crippen LogP contribution is 2.11. The fourth-order valence-corrected chi connectivity index (χ4v) is 2.28. The van der Waals surface area contributed by atoms with Crippen molar-refractivity contribution in [2.24, 2.45) is 5.10 Å². The second kappa shape index (κ2) is 7.57. The summed E-state index contributed by atoms with van der Waals surface area (Å²) in [4.78, 5) is 0. The molecule has 1 aliphatic heterocycles. The highest BCUT2D eigenvalue weighted by Gasteiger charge is 2.15. The molecule has 2 N–H and O–H groups in total. The predicted molar refractivity (Wildman–Crippen MR) is 86.4 cm³/mol. The van der Waals surface area contributed by atoms with Gasteiger partial charge in [0.25, 0.3) is 0 Å². The number of hydrazone groups is 1. The second-order valence-corrected chi connectivity index (χ2v) is 5.51. The Bertz CT molecular complexity index is 501. The highest BCUT2D eigenvalue weighted by molar-refractivity contribution is 7.80. The van der Waals surface area contributed by atoms with Crippen molar-refractivity contribution in [1.29, 1.82) is 0 Å². The molecule has 1 atom stereocenters. The molecule has 1 saturated heterocycles. The Labute approximate surface area is 129 Å². The SMILES string of the molecule is C/C(=N\NC(=S)NCC1CCCO1)c1cccc(Cl)c1. The molecule has 6 heteroatoms. The van der Waals surface area contributed by atoms with E-state index in [9.17, 15) is 0 Å². The normalized spacial score (nSPS) is 18.9. The lowest BCUT2D eigenvalue weighted by molar-refractivity contribution is 0.114. The zero-order valence-electron chi connectivity index (χ0n) is 11.4. The maximum atomic E-state index is 5.95. The monoisotopic (exact) mass is 311 g/mol. The molecule has 0 aliphatic carbocycles. The average molecular weight is 312 g/mol. The van der Waals surface area contributed by atoms with Crippen molar-refractivity contribution in [3.63, 3.8) is 0 Å². The van der Waals surface area contributed by atoms with E-state index in [-0.39, 0.29) is 6.10 Å². The highest BCUT2D eigenvalue weighted by atomic mass is 35.5. The lowest BCUT2D eigenvalue weighted by atomic mass is 10.1. The summed E-state index contributed by atoms with van der Waals surface area (Å²) >= 11 is 11.1. The summed E-state index contributed by atoms with van der Waals surface area (Å²) in [5, 5.41) is 8.54. The van der Waals surface area contributed by atoms with Crippen molar-refractivity contribution < 1.29 is 4.74 Å². The quantitative estimate of drug-likeness (QED) is 0.510. The lowest BCUT2D eigenvalue weighted by Crippen LogP contribution is -2.37. The number of hydrogen-bond acceptors (Lipinski definition) is 3. The number of hydrogen-bond donors (Lipinski definition) is 2. The van der Waals surface area contributed by atoms with Crippen molar-refractivity contribution in [3.8, 4) is 0 Å². The van der Waals surface area contributed by atoms with Gasteiger partial charge in [-0.2, -0.15) is 5.10 Å². The minimum Gasteiger partial charge on any atom is -0.376 e. The molecule has 0 amide bonds. The topological polar surface area (TPSA) is 45.7 Å². The Morgan fingerprint density at radius 2 is 2.40 bits per heavy atom. The van der Waals surface area contributed by atoms with Crippen LogP contribution < -0.4 is 10.7 Å². The van der Waals surface area contributed by atoms with Gasteiger partial charge in [0.1, 0.15) is 0 Å². The van der Waals surface area contributed by atoms with Gasteiger partial charge in [0.2, 0.25) is 0 Å². The van der Waals surface area contributed by atoms with E-state index >= 15 is 0 Å². The Balaban J connectivity index is 1.80. The van der Waals surface area contributed by atoms with Gasteiger partial charge >= 0.3 is 0 Å². The molecule has 0 spiro atoms. The van der Waals surface area contributed by atoms with E-state index in [0.717, 1.165) is 37.3 Å². The standard InChI is InChI=1S/C14H18ClN3OS/c1-10(11-4-2-5-12(15)8-11)17-18-14(20)16-9-13-6-3-7-19-13/h2,4-5,8,13H,3,6-7,9H2,1H3,(H2,16,18,20)/b17-10+. The van der Waals surface area contributed by atoms with E-state index in [0.29, 0.717) is 10.1 Å². The zero-order valence-corrected chi connectivity index (χ0v) is 12.9. The number of nitrogens with one attached hydrogen (secondary N) is 2. The van der Waals surface area contributed by atoms with Crippen molar-refractivity contribution in [1.82, 2.24) is 10.7 Å². The van der Waals surface area contributed by atoms with E-state index in [2.05, 4.69) is 15.8 Å². The van der Waals surface area contributed by atoms with Crippen LogP contribution in [0.3, 0.4) is 0 Å². The lowest BCUT2D eigenvalue weighted by Gasteiger charge is -2.12. The fraction of sp³-hybridized carbons (Fsp3) is 0.429. The van der Waals surface area contributed by atoms with E-state index in [1.807, 2.05) is 31.2 Å². The number of benzene rings is 1. The average Bonchev–Trinajstić information content (AvgIpc) is 2.95. The molecule has 108 valence electrons. The molecule has 1 aromatic carbocycles. The summed E-state index contributed by atoms with van der Waals surface area (Å²) in [7, 11) is 0. The summed E-state index contributed by atoms with van der Waals surface area (Å²) in [6, 6.07) is 7.55. The molecule has 0 saturated carbocycles. The van der Waals surface area contributed by atoms with E-state index in [1.165, 1.54) is 0 Å². The third-order valence-corrected chi connectivity index (χ3v) is 3.55. The molecular formula is C14H18ClN3OS. The van der Waals surface area contributed by atoms with E-state index in [1.54, 1.807) is 0 Å². The van der Waals surface area contributed by atoms with Crippen LogP contribution in [0, 0.1) is 0 Å². The second-order valence-electron chi connectivity index (χ2n) is 4.66. The number of halogens is 1. The first kappa shape index (κ1) is 15.2. The van der Waals surface area contributed by atoms with Crippen molar-refractivity contribution in [2.45, 2.75) is 25.9 Å². The molecule has 1 fully saturated rings. The first-order valence-corrected chi connectivity index (χ1v) is 7.39. The number of thiocarbonyl (C=S) groups is 1. The van der Waals surface area contributed by atoms with Crippen molar-refractivity contribution >= 4 is 34.6 Å². The van der Waals surface area contributed by atoms with Gasteiger partial charge < -0.3 is 10.1 Å². The number of ether oxygens (including phenoxy) is 1. The Morgan fingerprint density at radius 3 is 3.10 bits per heavy atom. The maximum Gasteiger partial charge on any atom is 0.187 e. The molecule has 0 radical (unpaired) electrons. The minimum absolute atomic E-state index is 0.257. The van der Waals surface area contributed by atoms with Gasteiger partial charge in [-0.1, -0.05) is 23.7 Å². The van der Waals surface area contributed by atoms with Crippen LogP contribution in [0.1, 0.15) is 25.3 Å². The van der Waals surface area contributed by atoms with Gasteiger partial charge in [0.15, 0.2) is 5.11 Å². The molecule has 1 aliphatic rings. The van der Waals surface area contributed by atoms with Crippen LogP contribution in [0.25, 0.3) is 0 Å². The van der Waals surface area contributed by atoms with Gasteiger partial charge in [-0.05, 0) is 49.7 Å². The van der Waals surface area contributed by atoms with E-state index in [4.69, 9.17) is 28.6 Å². The summed E-state index contributed by atoms with van der Waals surface area (Å²) < 4.78 is 5.51. The van der Waals surface area contributed by atoms with Crippen LogP contribution in [0.2, 0.25) is 5.02 Å². The van der Waals surface area contributed by atoms with Gasteiger partial charge in [-0.15, -0.1) is 0 Å². The smallest absolute Gasteiger partial charge is 0.187 e. The van der Waals surface area contributed by atoms with Crippen LogP contribution in [0.4, 0.5) is 0 Å². The Morgan fingerprint density at radius 1 is 1.55 bits per heavy atom. The zero-order chi connectivity index (χ0) is 14.4. The van der Waals surface area contributed by atoms with Crippen LogP contribution in [-0.4, -0.2) is 30.1 Å². The molecule has 4 nitrogen and oxygen atoms in total. The van der Waals surface area contributed by atoms with E-state index < -0.39 is 0 Å². The summed E-state index contributed by atoms with van der Waals surface area (Å²) in [6.07, 6.45) is 2.46. The van der Waals surface area contributed by atoms with Crippen LogP contribution in [-0.2, 0) is 4.74 Å². The molecular weight excluding hydrogens is 294 g/mol. The first-order valence-electron chi connectivity index (χ1n) is 6.61. The Hall–Kier alpha value is -1.17. The number of rotatable bonds is 4. The summed E-state index contributed by atoms with van der Waals surface area (Å²) in [6.45, 7) is 3.47. The minimum atomic E-state index is 0.257. The van der Waals surface area contributed by atoms with Crippen LogP contribution in [0.15, 0.2) is 29.4 Å². The largest absolute Gasteiger partial charge is 0.376 e. The predicted octanol–water partition coefficient (Wildman–Crippen LogP) is 2.71. The third-order valence-electron chi connectivity index (χ3n) is 3.08. The number of nitrogens with zero attached hydrogens (tertiary/aromatic N) is 1. The molecule has 20 heavy (non-hydrogen) atoms. The van der Waals surface area contributed by atoms with Gasteiger partial charge in [0.05, 0.1) is 11.8 Å². The molecule has 1 heterocycles. The van der Waals surface area contributed by atoms with Gasteiger partial charge in [0, 0.05) is 18.2 Å². The van der Waals surface area contributed by atoms with Gasteiger partial charge in [-0.25, -0.2) is 0 Å². The molecule has 1 aromatic rings. The Kier molecular flexibility index (Phi) is 5.76. The van der Waals surface area contributed by atoms with Crippen molar-refractivity contribution in [3.05, 3.63) is 34.9 Å². The summed E-state index contributed by atoms with van der Waals surface area (Å²) in [5.74, 6) is 0. The van der Waals surface area contributed by atoms with Crippen LogP contribution in [0.5, 0.6) is 0 Å². The third kappa shape index (κ3) is 4.74. The molecule has 2 rings (SSSR count). The molecule has 1 unspecified atom stereocenters. The molecule has 0 aromatic heterocycles. The van der Waals surface area contributed by atoms with Gasteiger partial charge in [-0.3, -0.25) is 5.43 Å². The van der Waals surface area contributed by atoms with Crippen LogP contribution >= 0.6 is 23.8 Å². The maximum absolute atomic E-state index is 5.95. The summed E-state index contributed by atoms with van der Waals surface area (Å²) in [5.41, 5.74) is 4.63. The van der Waals surface area contributed by atoms with Crippen molar-refractivity contribution in [2.75, 3.05) is 13.2 Å². The fourth-order valence-electron chi connectivity index (χ4n) is 1.96. The first-order chi connectivity index (χ1) is 9.65.